The van der Waals surface area contributed by atoms with Gasteiger partial charge in [-0.25, -0.2) is 14.8 Å². The Morgan fingerprint density at radius 3 is 2.69 bits per heavy atom. The molecule has 7 nitrogen and oxygen atoms in total. The first-order valence-corrected chi connectivity index (χ1v) is 4.92. The van der Waals surface area contributed by atoms with Crippen molar-refractivity contribution >= 4 is 6.03 Å². The molecule has 0 atom stereocenters. The fourth-order valence-electron chi connectivity index (χ4n) is 1.24. The van der Waals surface area contributed by atoms with E-state index in [0.29, 0.717) is 11.6 Å². The van der Waals surface area contributed by atoms with Gasteiger partial charge in [-0.15, -0.1) is 5.10 Å². The number of nitrogens with zero attached hydrogens (tertiary/aromatic N) is 6. The maximum atomic E-state index is 11.9. The van der Waals surface area contributed by atoms with Crippen LogP contribution in [0.5, 0.6) is 0 Å². The lowest BCUT2D eigenvalue weighted by molar-refractivity contribution is 0.237. The van der Waals surface area contributed by atoms with Gasteiger partial charge < -0.3 is 0 Å². The van der Waals surface area contributed by atoms with Gasteiger partial charge in [-0.2, -0.15) is 14.5 Å². The second-order valence-corrected chi connectivity index (χ2v) is 3.71. The molecule has 0 fully saturated rings. The maximum absolute atomic E-state index is 11.9. The van der Waals surface area contributed by atoms with Gasteiger partial charge in [0.1, 0.15) is 18.5 Å². The first-order valence-electron chi connectivity index (χ1n) is 4.92. The molecule has 2 aromatic heterocycles. The predicted molar refractivity (Wildman–Crippen MR) is 55.1 cm³/mol. The van der Waals surface area contributed by atoms with Crippen LogP contribution in [-0.2, 0) is 0 Å². The van der Waals surface area contributed by atoms with Crippen LogP contribution in [0.3, 0.4) is 0 Å². The molecule has 0 radical (unpaired) electrons. The number of carbonyl (C=O) groups is 1. The number of hydrogen-bond donors (Lipinski definition) is 0. The molecule has 16 heavy (non-hydrogen) atoms. The summed E-state index contributed by atoms with van der Waals surface area (Å²) < 4.78 is 2.34. The molecule has 0 aliphatic rings. The SMILES string of the molecule is Cc1nc(C(C)C)nn1C(=O)n1cncn1. The summed E-state index contributed by atoms with van der Waals surface area (Å²) in [4.78, 5) is 19.8. The third-order valence-corrected chi connectivity index (χ3v) is 2.10. The van der Waals surface area contributed by atoms with E-state index in [0.717, 1.165) is 4.68 Å². The smallest absolute Gasteiger partial charge is 0.243 e. The highest BCUT2D eigenvalue weighted by Gasteiger charge is 2.16. The summed E-state index contributed by atoms with van der Waals surface area (Å²) in [5.74, 6) is 1.37. The van der Waals surface area contributed by atoms with Gasteiger partial charge in [0.15, 0.2) is 5.82 Å². The van der Waals surface area contributed by atoms with Gasteiger partial charge in [0.05, 0.1) is 0 Å². The largest absolute Gasteiger partial charge is 0.372 e. The molecular formula is C9H12N6O. The van der Waals surface area contributed by atoms with Gasteiger partial charge >= 0.3 is 6.03 Å². The van der Waals surface area contributed by atoms with E-state index in [9.17, 15) is 4.79 Å². The molecule has 0 bridgehead atoms. The van der Waals surface area contributed by atoms with Crippen LogP contribution in [0.2, 0.25) is 0 Å². The number of aromatic nitrogens is 6. The van der Waals surface area contributed by atoms with E-state index in [2.05, 4.69) is 20.2 Å². The van der Waals surface area contributed by atoms with Crippen molar-refractivity contribution < 1.29 is 4.79 Å². The van der Waals surface area contributed by atoms with E-state index in [1.807, 2.05) is 13.8 Å². The van der Waals surface area contributed by atoms with Crippen molar-refractivity contribution in [1.82, 2.24) is 29.5 Å². The Hall–Kier alpha value is -2.05. The summed E-state index contributed by atoms with van der Waals surface area (Å²) >= 11 is 0. The minimum Gasteiger partial charge on any atom is -0.243 e. The minimum atomic E-state index is -0.380. The summed E-state index contributed by atoms with van der Waals surface area (Å²) in [7, 11) is 0. The Bertz CT molecular complexity index is 498. The van der Waals surface area contributed by atoms with Crippen LogP contribution in [0, 0.1) is 6.92 Å². The maximum Gasteiger partial charge on any atom is 0.372 e. The molecule has 0 aliphatic carbocycles. The highest BCUT2D eigenvalue weighted by molar-refractivity contribution is 5.77. The summed E-state index contributed by atoms with van der Waals surface area (Å²) in [6.07, 6.45) is 2.63. The van der Waals surface area contributed by atoms with Crippen LogP contribution in [-0.4, -0.2) is 35.6 Å². The fraction of sp³-hybridized carbons (Fsp3) is 0.444. The van der Waals surface area contributed by atoms with Crippen LogP contribution in [0.4, 0.5) is 4.79 Å². The topological polar surface area (TPSA) is 78.5 Å². The number of aryl methyl sites for hydroxylation is 1. The van der Waals surface area contributed by atoms with Crippen molar-refractivity contribution in [3.05, 3.63) is 24.3 Å². The van der Waals surface area contributed by atoms with Crippen molar-refractivity contribution in [1.29, 1.82) is 0 Å². The fourth-order valence-corrected chi connectivity index (χ4v) is 1.24. The minimum absolute atomic E-state index is 0.184. The third kappa shape index (κ3) is 1.71. The zero-order chi connectivity index (χ0) is 11.7. The monoisotopic (exact) mass is 220 g/mol. The van der Waals surface area contributed by atoms with Crippen LogP contribution in [0.15, 0.2) is 12.7 Å². The van der Waals surface area contributed by atoms with Crippen LogP contribution in [0.1, 0.15) is 31.4 Å². The molecule has 0 amide bonds. The quantitative estimate of drug-likeness (QED) is 0.710. The van der Waals surface area contributed by atoms with Gasteiger partial charge in [-0.3, -0.25) is 0 Å². The van der Waals surface area contributed by atoms with Crippen LogP contribution < -0.4 is 0 Å². The van der Waals surface area contributed by atoms with Crippen LogP contribution in [0.25, 0.3) is 0 Å². The zero-order valence-electron chi connectivity index (χ0n) is 9.32. The van der Waals surface area contributed by atoms with E-state index in [4.69, 9.17) is 0 Å². The highest BCUT2D eigenvalue weighted by atomic mass is 16.2. The normalized spacial score (nSPS) is 11.0. The zero-order valence-corrected chi connectivity index (χ0v) is 9.32. The molecule has 0 N–H and O–H groups in total. The lowest BCUT2D eigenvalue weighted by atomic mass is 10.2. The molecule has 2 rings (SSSR count). The van der Waals surface area contributed by atoms with E-state index in [-0.39, 0.29) is 11.9 Å². The molecule has 2 heterocycles. The Morgan fingerprint density at radius 1 is 1.44 bits per heavy atom. The number of hydrogen-bond acceptors (Lipinski definition) is 5. The average Bonchev–Trinajstić information content (AvgIpc) is 2.84. The standard InChI is InChI=1S/C9H12N6O/c1-6(2)8-12-7(3)15(13-8)9(16)14-5-10-4-11-14/h4-6H,1-3H3. The summed E-state index contributed by atoms with van der Waals surface area (Å²) in [5, 5.41) is 7.89. The van der Waals surface area contributed by atoms with Crippen molar-refractivity contribution in [3.63, 3.8) is 0 Å². The van der Waals surface area contributed by atoms with Crippen molar-refractivity contribution in [2.45, 2.75) is 26.7 Å². The molecule has 84 valence electrons. The second-order valence-electron chi connectivity index (χ2n) is 3.71. The lowest BCUT2D eigenvalue weighted by Crippen LogP contribution is -2.22. The molecule has 0 spiro atoms. The van der Waals surface area contributed by atoms with Gasteiger partial charge in [0, 0.05) is 5.92 Å². The van der Waals surface area contributed by atoms with E-state index in [1.165, 1.54) is 17.3 Å². The predicted octanol–water partition coefficient (Wildman–Crippen LogP) is 0.818. The van der Waals surface area contributed by atoms with E-state index < -0.39 is 0 Å². The molecule has 0 aromatic carbocycles. The van der Waals surface area contributed by atoms with Crippen molar-refractivity contribution in [3.8, 4) is 0 Å². The summed E-state index contributed by atoms with van der Waals surface area (Å²) in [5.41, 5.74) is 0. The Labute approximate surface area is 92.1 Å². The van der Waals surface area contributed by atoms with Gasteiger partial charge in [0.25, 0.3) is 0 Å². The molecule has 0 aliphatic heterocycles. The van der Waals surface area contributed by atoms with Gasteiger partial charge in [-0.1, -0.05) is 13.8 Å². The molecule has 0 saturated carbocycles. The Morgan fingerprint density at radius 2 is 2.19 bits per heavy atom. The summed E-state index contributed by atoms with van der Waals surface area (Å²) in [6, 6.07) is -0.380. The Balaban J connectivity index is 2.37. The van der Waals surface area contributed by atoms with Gasteiger partial charge in [0.2, 0.25) is 0 Å². The molecule has 0 unspecified atom stereocenters. The molecule has 0 saturated heterocycles. The number of rotatable bonds is 1. The Kier molecular flexibility index (Phi) is 2.51. The lowest BCUT2D eigenvalue weighted by Gasteiger charge is -1.99. The van der Waals surface area contributed by atoms with E-state index in [1.54, 1.807) is 6.92 Å². The first kappa shape index (κ1) is 10.5. The van der Waals surface area contributed by atoms with E-state index >= 15 is 0 Å². The van der Waals surface area contributed by atoms with Crippen molar-refractivity contribution in [2.75, 3.05) is 0 Å². The summed E-state index contributed by atoms with van der Waals surface area (Å²) in [6.45, 7) is 5.67. The number of carbonyl (C=O) groups excluding carboxylic acids is 1. The highest BCUT2D eigenvalue weighted by Crippen LogP contribution is 2.09. The average molecular weight is 220 g/mol. The van der Waals surface area contributed by atoms with Crippen molar-refractivity contribution in [2.24, 2.45) is 0 Å². The molecule has 7 heteroatoms. The third-order valence-electron chi connectivity index (χ3n) is 2.10. The molecular weight excluding hydrogens is 208 g/mol. The molecule has 2 aromatic rings. The second kappa shape index (κ2) is 3.84. The van der Waals surface area contributed by atoms with Crippen LogP contribution >= 0.6 is 0 Å². The first-order chi connectivity index (χ1) is 7.59. The van der Waals surface area contributed by atoms with Gasteiger partial charge in [-0.05, 0) is 6.92 Å².